The summed E-state index contributed by atoms with van der Waals surface area (Å²) in [5, 5.41) is 13.7. The number of hydrogen-bond acceptors (Lipinski definition) is 5. The fourth-order valence-electron chi connectivity index (χ4n) is 3.19. The molecule has 0 aliphatic carbocycles. The van der Waals surface area contributed by atoms with Crippen LogP contribution in [-0.2, 0) is 11.3 Å². The van der Waals surface area contributed by atoms with Gasteiger partial charge >= 0.3 is 0 Å². The lowest BCUT2D eigenvalue weighted by Crippen LogP contribution is -2.54. The number of nitrogens with zero attached hydrogens (tertiary/aromatic N) is 4. The van der Waals surface area contributed by atoms with Gasteiger partial charge in [0, 0.05) is 51.2 Å². The molecule has 2 aromatic heterocycles. The summed E-state index contributed by atoms with van der Waals surface area (Å²) in [6.07, 6.45) is 9.87. The van der Waals surface area contributed by atoms with E-state index in [0.717, 1.165) is 31.7 Å². The van der Waals surface area contributed by atoms with Crippen molar-refractivity contribution in [1.29, 1.82) is 0 Å². The second kappa shape index (κ2) is 8.11. The van der Waals surface area contributed by atoms with E-state index in [9.17, 15) is 9.90 Å². The SMILES string of the molecule is O=C(CCCn1ccnc1)NC[C@@]1(O)CCCN(c2ccccn2)C1. The van der Waals surface area contributed by atoms with Crippen LogP contribution in [0.5, 0.6) is 0 Å². The van der Waals surface area contributed by atoms with Crippen LogP contribution < -0.4 is 10.2 Å². The fourth-order valence-corrected chi connectivity index (χ4v) is 3.19. The zero-order valence-electron chi connectivity index (χ0n) is 14.3. The Bertz CT molecular complexity index is 661. The van der Waals surface area contributed by atoms with Crippen molar-refractivity contribution in [2.75, 3.05) is 24.5 Å². The van der Waals surface area contributed by atoms with Crippen molar-refractivity contribution in [3.05, 3.63) is 43.1 Å². The van der Waals surface area contributed by atoms with Crippen LogP contribution in [0.4, 0.5) is 5.82 Å². The molecule has 7 heteroatoms. The van der Waals surface area contributed by atoms with Crippen LogP contribution >= 0.6 is 0 Å². The van der Waals surface area contributed by atoms with E-state index in [2.05, 4.69) is 20.2 Å². The monoisotopic (exact) mass is 343 g/mol. The van der Waals surface area contributed by atoms with E-state index in [-0.39, 0.29) is 12.5 Å². The van der Waals surface area contributed by atoms with Gasteiger partial charge < -0.3 is 19.9 Å². The van der Waals surface area contributed by atoms with Crippen molar-refractivity contribution in [3.63, 3.8) is 0 Å². The topological polar surface area (TPSA) is 83.3 Å². The molecule has 1 saturated heterocycles. The Kier molecular flexibility index (Phi) is 5.65. The van der Waals surface area contributed by atoms with Gasteiger partial charge in [-0.15, -0.1) is 0 Å². The van der Waals surface area contributed by atoms with Gasteiger partial charge in [0.15, 0.2) is 0 Å². The number of pyridine rings is 1. The molecule has 0 aromatic carbocycles. The summed E-state index contributed by atoms with van der Waals surface area (Å²) < 4.78 is 1.95. The molecule has 1 atom stereocenters. The predicted molar refractivity (Wildman–Crippen MR) is 95.1 cm³/mol. The van der Waals surface area contributed by atoms with E-state index in [0.29, 0.717) is 19.4 Å². The minimum Gasteiger partial charge on any atom is -0.386 e. The molecule has 0 saturated carbocycles. The molecule has 3 heterocycles. The van der Waals surface area contributed by atoms with Gasteiger partial charge in [0.1, 0.15) is 5.82 Å². The Hall–Kier alpha value is -2.41. The highest BCUT2D eigenvalue weighted by Gasteiger charge is 2.34. The molecular formula is C18H25N5O2. The number of aromatic nitrogens is 3. The molecule has 2 aromatic rings. The molecule has 0 bridgehead atoms. The summed E-state index contributed by atoms with van der Waals surface area (Å²) in [6, 6.07) is 5.77. The van der Waals surface area contributed by atoms with Gasteiger partial charge in [-0.2, -0.15) is 0 Å². The molecule has 134 valence electrons. The molecule has 1 aliphatic rings. The van der Waals surface area contributed by atoms with E-state index < -0.39 is 5.60 Å². The van der Waals surface area contributed by atoms with E-state index in [4.69, 9.17) is 0 Å². The zero-order valence-corrected chi connectivity index (χ0v) is 14.3. The smallest absolute Gasteiger partial charge is 0.220 e. The highest BCUT2D eigenvalue weighted by molar-refractivity contribution is 5.75. The average molecular weight is 343 g/mol. The van der Waals surface area contributed by atoms with Crippen molar-refractivity contribution in [2.45, 2.75) is 37.8 Å². The summed E-state index contributed by atoms with van der Waals surface area (Å²) in [7, 11) is 0. The Morgan fingerprint density at radius 2 is 2.28 bits per heavy atom. The van der Waals surface area contributed by atoms with Crippen LogP contribution in [-0.4, -0.2) is 50.8 Å². The Morgan fingerprint density at radius 1 is 1.36 bits per heavy atom. The van der Waals surface area contributed by atoms with E-state index >= 15 is 0 Å². The van der Waals surface area contributed by atoms with Crippen LogP contribution in [0.1, 0.15) is 25.7 Å². The zero-order chi connectivity index (χ0) is 17.5. The number of aryl methyl sites for hydroxylation is 1. The highest BCUT2D eigenvalue weighted by Crippen LogP contribution is 2.24. The summed E-state index contributed by atoms with van der Waals surface area (Å²) in [5.41, 5.74) is -0.907. The minimum atomic E-state index is -0.907. The lowest BCUT2D eigenvalue weighted by molar-refractivity contribution is -0.122. The second-order valence-corrected chi connectivity index (χ2v) is 6.62. The van der Waals surface area contributed by atoms with Gasteiger partial charge in [-0.25, -0.2) is 9.97 Å². The van der Waals surface area contributed by atoms with Gasteiger partial charge in [-0.3, -0.25) is 4.79 Å². The molecule has 3 rings (SSSR count). The van der Waals surface area contributed by atoms with Crippen LogP contribution in [0.2, 0.25) is 0 Å². The number of hydrogen-bond donors (Lipinski definition) is 2. The Balaban J connectivity index is 1.44. The largest absolute Gasteiger partial charge is 0.386 e. The molecule has 0 spiro atoms. The van der Waals surface area contributed by atoms with Gasteiger partial charge in [-0.1, -0.05) is 6.07 Å². The number of imidazole rings is 1. The lowest BCUT2D eigenvalue weighted by Gasteiger charge is -2.39. The van der Waals surface area contributed by atoms with Gasteiger partial charge in [0.2, 0.25) is 5.91 Å². The second-order valence-electron chi connectivity index (χ2n) is 6.62. The van der Waals surface area contributed by atoms with E-state index in [1.807, 2.05) is 29.0 Å². The van der Waals surface area contributed by atoms with Crippen molar-refractivity contribution >= 4 is 11.7 Å². The van der Waals surface area contributed by atoms with Crippen LogP contribution in [0, 0.1) is 0 Å². The first-order valence-corrected chi connectivity index (χ1v) is 8.75. The Labute approximate surface area is 147 Å². The van der Waals surface area contributed by atoms with Gasteiger partial charge in [0.05, 0.1) is 11.9 Å². The third-order valence-electron chi connectivity index (χ3n) is 4.52. The Morgan fingerprint density at radius 3 is 3.04 bits per heavy atom. The maximum atomic E-state index is 12.0. The normalized spacial score (nSPS) is 20.4. The van der Waals surface area contributed by atoms with Crippen LogP contribution in [0.25, 0.3) is 0 Å². The van der Waals surface area contributed by atoms with Crippen molar-refractivity contribution < 1.29 is 9.90 Å². The predicted octanol–water partition coefficient (Wildman–Crippen LogP) is 1.21. The maximum absolute atomic E-state index is 12.0. The van der Waals surface area contributed by atoms with Crippen molar-refractivity contribution in [1.82, 2.24) is 19.9 Å². The van der Waals surface area contributed by atoms with E-state index in [1.165, 1.54) is 0 Å². The number of aliphatic hydroxyl groups is 1. The van der Waals surface area contributed by atoms with Crippen molar-refractivity contribution in [2.24, 2.45) is 0 Å². The highest BCUT2D eigenvalue weighted by atomic mass is 16.3. The molecule has 2 N–H and O–H groups in total. The van der Waals surface area contributed by atoms with Gasteiger partial charge in [0.25, 0.3) is 0 Å². The molecule has 1 fully saturated rings. The molecule has 1 aliphatic heterocycles. The molecule has 0 unspecified atom stereocenters. The van der Waals surface area contributed by atoms with E-state index in [1.54, 1.807) is 18.7 Å². The summed E-state index contributed by atoms with van der Waals surface area (Å²) in [5.74, 6) is 0.843. The third-order valence-corrected chi connectivity index (χ3v) is 4.52. The first kappa shape index (κ1) is 17.4. The number of amides is 1. The summed E-state index contributed by atoms with van der Waals surface area (Å²) in [4.78, 5) is 22.4. The molecule has 25 heavy (non-hydrogen) atoms. The van der Waals surface area contributed by atoms with Crippen LogP contribution in [0.15, 0.2) is 43.1 Å². The maximum Gasteiger partial charge on any atom is 0.220 e. The first-order valence-electron chi connectivity index (χ1n) is 8.75. The number of rotatable bonds is 7. The molecule has 1 amide bonds. The fraction of sp³-hybridized carbons (Fsp3) is 0.500. The number of anilines is 1. The summed E-state index contributed by atoms with van der Waals surface area (Å²) in [6.45, 7) is 2.41. The first-order chi connectivity index (χ1) is 12.1. The molecule has 7 nitrogen and oxygen atoms in total. The van der Waals surface area contributed by atoms with Crippen LogP contribution in [0.3, 0.4) is 0 Å². The van der Waals surface area contributed by atoms with Gasteiger partial charge in [-0.05, 0) is 31.4 Å². The molecule has 0 radical (unpaired) electrons. The standard InChI is InChI=1S/C18H25N5O2/c24-17(6-3-10-22-12-9-19-15-22)21-13-18(25)7-4-11-23(14-18)16-5-1-2-8-20-16/h1-2,5,8-9,12,15,25H,3-4,6-7,10-11,13-14H2,(H,21,24)/t18-/m0/s1. The van der Waals surface area contributed by atoms with Crippen molar-refractivity contribution in [3.8, 4) is 0 Å². The average Bonchev–Trinajstić information content (AvgIpc) is 3.14. The minimum absolute atomic E-state index is 0.0245. The lowest BCUT2D eigenvalue weighted by atomic mass is 9.92. The third kappa shape index (κ3) is 5.03. The number of piperidine rings is 1. The number of carbonyl (C=O) groups excluding carboxylic acids is 1. The summed E-state index contributed by atoms with van der Waals surface area (Å²) >= 11 is 0. The molecular weight excluding hydrogens is 318 g/mol. The quantitative estimate of drug-likeness (QED) is 0.789. The number of β-amino-alcohol motifs (C(OH)–C–C–N with tert-alkyl or cyclic N) is 1. The number of carbonyl (C=O) groups is 1. The number of nitrogens with one attached hydrogen (secondary N) is 1.